The van der Waals surface area contributed by atoms with Crippen molar-refractivity contribution in [3.63, 3.8) is 0 Å². The first-order chi connectivity index (χ1) is 0. The van der Waals surface area contributed by atoms with Gasteiger partial charge in [-0.15, -0.1) is 0 Å². The molecule has 0 atom stereocenters. The second-order valence-electron chi connectivity index (χ2n) is 0. The Kier molecular flexibility index (Phi) is 89.7. The summed E-state index contributed by atoms with van der Waals surface area (Å²) >= 11 is 0. The van der Waals surface area contributed by atoms with Crippen LogP contribution in [0.3, 0.4) is 0 Å². The van der Waals surface area contributed by atoms with Crippen LogP contribution in [-0.4, -0.2) is 48.9 Å². The van der Waals surface area contributed by atoms with E-state index in [-0.39, 0.29) is 171 Å². The molecule has 0 unspecified atom stereocenters. The maximum Gasteiger partial charge on any atom is 0 e. The molecule has 0 amide bonds. The maximum absolute atomic E-state index is 0. The molecule has 0 heterocycles. The molecule has 0 aromatic rings. The van der Waals surface area contributed by atoms with Crippen molar-refractivity contribution in [1.82, 2.24) is 0 Å². The van der Waals surface area contributed by atoms with E-state index in [0.717, 1.165) is 0 Å². The van der Waals surface area contributed by atoms with Crippen molar-refractivity contribution in [3.8, 4) is 0 Å². The van der Waals surface area contributed by atoms with E-state index in [4.69, 9.17) is 0 Å². The van der Waals surface area contributed by atoms with Crippen molar-refractivity contribution in [2.45, 2.75) is 0 Å². The van der Waals surface area contributed by atoms with E-state index in [1.54, 1.807) is 0 Å². The minimum Gasteiger partial charge on any atom is 0 e. The minimum atomic E-state index is 0. The summed E-state index contributed by atoms with van der Waals surface area (Å²) in [6.45, 7) is 0. The summed E-state index contributed by atoms with van der Waals surface area (Å²) in [5, 5.41) is 0. The molecule has 0 rings (SSSR count). The van der Waals surface area contributed by atoms with Gasteiger partial charge in [-0.2, -0.15) is 0 Å². The van der Waals surface area contributed by atoms with Crippen molar-refractivity contribution in [3.05, 3.63) is 0 Å². The molecule has 15 valence electrons. The summed E-state index contributed by atoms with van der Waals surface area (Å²) in [5.74, 6) is 0. The van der Waals surface area contributed by atoms with Crippen LogP contribution in [-0.2, 0) is 0 Å². The molecular formula is BaNdPrSm. The molecule has 3 radical (unpaired) electrons. The Morgan fingerprint density at radius 3 is 1.00 bits per heavy atom. The van der Waals surface area contributed by atoms with Crippen LogP contribution < -0.4 is 0 Å². The van der Waals surface area contributed by atoms with E-state index in [0.29, 0.717) is 0 Å². The molecule has 0 aromatic carbocycles. The average Bonchev–Trinajstić information content (AvgIpc) is 0. The quantitative estimate of drug-likeness (QED) is 0.348. The van der Waals surface area contributed by atoms with Crippen LogP contribution in [0.1, 0.15) is 0 Å². The fourth-order valence-electron chi connectivity index (χ4n) is 0. The van der Waals surface area contributed by atoms with Gasteiger partial charge in [-0.05, 0) is 0 Å². The topological polar surface area (TPSA) is 0 Å². The fraction of sp³-hybridized carbons (Fsp3) is 0. The summed E-state index contributed by atoms with van der Waals surface area (Å²) in [4.78, 5) is 0. The molecule has 4 heteroatoms. The van der Waals surface area contributed by atoms with Gasteiger partial charge in [0.25, 0.3) is 0 Å². The Balaban J connectivity index is 0. The predicted octanol–water partition coefficient (Wildman–Crippen LogP) is -0.381. The summed E-state index contributed by atoms with van der Waals surface area (Å²) in [6, 6.07) is 0. The zero-order valence-electron chi connectivity index (χ0n) is 2.19. The van der Waals surface area contributed by atoms with Crippen LogP contribution in [0.15, 0.2) is 0 Å². The Hall–Kier alpha value is 5.62. The van der Waals surface area contributed by atoms with E-state index in [1.807, 2.05) is 0 Å². The Morgan fingerprint density at radius 2 is 1.00 bits per heavy atom. The molecule has 0 spiro atoms. The maximum atomic E-state index is 0. The Morgan fingerprint density at radius 1 is 1.00 bits per heavy atom. The van der Waals surface area contributed by atoms with Crippen molar-refractivity contribution in [1.29, 1.82) is 0 Å². The summed E-state index contributed by atoms with van der Waals surface area (Å²) in [7, 11) is 0. The van der Waals surface area contributed by atoms with Gasteiger partial charge in [-0.1, -0.05) is 0 Å². The summed E-state index contributed by atoms with van der Waals surface area (Å²) in [5.41, 5.74) is 0. The van der Waals surface area contributed by atoms with Crippen LogP contribution in [0.2, 0.25) is 0 Å². The average molecular weight is 573 g/mol. The molecule has 0 aromatic heterocycles. The van der Waals surface area contributed by atoms with Gasteiger partial charge in [0.05, 0.1) is 0 Å². The molecule has 0 N–H and O–H groups in total. The van der Waals surface area contributed by atoms with Crippen LogP contribution in [0.25, 0.3) is 0 Å². The van der Waals surface area contributed by atoms with E-state index >= 15 is 0 Å². The number of hydrogen-bond donors (Lipinski definition) is 0. The van der Waals surface area contributed by atoms with E-state index in [2.05, 4.69) is 0 Å². The second-order valence-corrected chi connectivity index (χ2v) is 0. The van der Waals surface area contributed by atoms with Crippen molar-refractivity contribution < 1.29 is 123 Å². The molecule has 0 saturated carbocycles. The first-order valence-electron chi connectivity index (χ1n) is 0. The van der Waals surface area contributed by atoms with Gasteiger partial charge >= 0.3 is 0 Å². The third kappa shape index (κ3) is 10.6. The second kappa shape index (κ2) is 15.8. The Bertz CT molecular complexity index is 8.00. The fourth-order valence-corrected chi connectivity index (χ4v) is 0. The molecule has 0 aliphatic heterocycles. The van der Waals surface area contributed by atoms with Crippen LogP contribution in [0.4, 0.5) is 0 Å². The standard InChI is InChI=1S/Ba.Nd.Pr.Sm. The zero-order chi connectivity index (χ0) is 0. The van der Waals surface area contributed by atoms with Gasteiger partial charge in [0.2, 0.25) is 0 Å². The van der Waals surface area contributed by atoms with Gasteiger partial charge < -0.3 is 0 Å². The number of rotatable bonds is 0. The molecular weight excluding hydrogens is 573 g/mol. The van der Waals surface area contributed by atoms with Crippen molar-refractivity contribution >= 4 is 48.9 Å². The van der Waals surface area contributed by atoms with Crippen LogP contribution in [0, 0.1) is 123 Å². The first-order valence-corrected chi connectivity index (χ1v) is 0. The third-order valence-corrected chi connectivity index (χ3v) is 0. The molecule has 0 aliphatic carbocycles. The van der Waals surface area contributed by atoms with Crippen LogP contribution in [0.5, 0.6) is 0 Å². The van der Waals surface area contributed by atoms with E-state index in [1.165, 1.54) is 0 Å². The molecule has 0 bridgehead atoms. The molecule has 0 fully saturated rings. The zero-order valence-corrected chi connectivity index (χ0v) is 16.2. The van der Waals surface area contributed by atoms with E-state index in [9.17, 15) is 0 Å². The Labute approximate surface area is 165 Å². The van der Waals surface area contributed by atoms with Gasteiger partial charge in [0.15, 0.2) is 0 Å². The number of hydrogen-bond acceptors (Lipinski definition) is 0. The first kappa shape index (κ1) is 22.6. The van der Waals surface area contributed by atoms with Crippen molar-refractivity contribution in [2.75, 3.05) is 0 Å². The predicted molar refractivity (Wildman–Crippen MR) is 5.75 cm³/mol. The smallest absolute Gasteiger partial charge is 0 e. The summed E-state index contributed by atoms with van der Waals surface area (Å²) < 4.78 is 0. The normalized spacial score (nSPS) is 0. The van der Waals surface area contributed by atoms with Gasteiger partial charge in [-0.3, -0.25) is 0 Å². The van der Waals surface area contributed by atoms with Crippen LogP contribution >= 0.6 is 0 Å². The monoisotopic (exact) mass is 573 g/mol. The van der Waals surface area contributed by atoms with Gasteiger partial charge in [-0.25, -0.2) is 0 Å². The minimum absolute atomic E-state index is 0. The van der Waals surface area contributed by atoms with Crippen molar-refractivity contribution in [2.24, 2.45) is 0 Å². The molecule has 0 aliphatic rings. The largest absolute Gasteiger partial charge is 0 e. The summed E-state index contributed by atoms with van der Waals surface area (Å²) in [6.07, 6.45) is 0. The third-order valence-electron chi connectivity index (χ3n) is 0. The molecule has 0 saturated heterocycles. The van der Waals surface area contributed by atoms with Gasteiger partial charge in [0.1, 0.15) is 0 Å². The molecule has 4 heavy (non-hydrogen) atoms. The molecule has 0 nitrogen and oxygen atoms in total. The van der Waals surface area contributed by atoms with Gasteiger partial charge in [0, 0.05) is 171 Å². The SMILES string of the molecule is [Ba].[Nd].[Pr].[Sm]. The van der Waals surface area contributed by atoms with E-state index < -0.39 is 0 Å².